The molecule has 1 atom stereocenters. The van der Waals surface area contributed by atoms with Crippen molar-refractivity contribution in [2.24, 2.45) is 11.1 Å². The third-order valence-corrected chi connectivity index (χ3v) is 6.82. The number of nitrogens with zero attached hydrogens (tertiary/aromatic N) is 1. The number of Topliss-reactive ketones (excluding diaryl/α,β-unsaturated/α-hetero) is 1. The molecule has 0 spiro atoms. The minimum Gasteiger partial charge on any atom is -0.463 e. The van der Waals surface area contributed by atoms with Gasteiger partial charge in [-0.3, -0.25) is 9.69 Å². The van der Waals surface area contributed by atoms with Crippen molar-refractivity contribution in [3.8, 4) is 0 Å². The summed E-state index contributed by atoms with van der Waals surface area (Å²) in [4.78, 5) is 28.7. The number of allylic oxidation sites excluding steroid dienone is 2. The van der Waals surface area contributed by atoms with Gasteiger partial charge in [0.15, 0.2) is 5.78 Å². The number of ketones is 1. The molecule has 4 rings (SSSR count). The van der Waals surface area contributed by atoms with Gasteiger partial charge in [0.05, 0.1) is 18.1 Å². The summed E-state index contributed by atoms with van der Waals surface area (Å²) in [5, 5.41) is 0.589. The molecule has 5 nitrogen and oxygen atoms in total. The molecule has 7 heteroatoms. The molecule has 0 saturated carbocycles. The number of ether oxygens (including phenoxy) is 1. The number of hydrogen-bond donors (Lipinski definition) is 1. The highest BCUT2D eigenvalue weighted by molar-refractivity contribution is 9.10. The van der Waals surface area contributed by atoms with Gasteiger partial charge < -0.3 is 10.5 Å². The van der Waals surface area contributed by atoms with Gasteiger partial charge >= 0.3 is 5.97 Å². The maximum Gasteiger partial charge on any atom is 0.338 e. The number of carbonyl (C=O) groups is 2. The Hall–Kier alpha value is -2.57. The number of hydrogen-bond acceptors (Lipinski definition) is 5. The summed E-state index contributed by atoms with van der Waals surface area (Å²) in [7, 11) is 0. The maximum absolute atomic E-state index is 13.6. The molecule has 2 N–H and O–H groups in total. The number of benzene rings is 2. The molecule has 33 heavy (non-hydrogen) atoms. The van der Waals surface area contributed by atoms with E-state index in [1.807, 2.05) is 41.3 Å². The van der Waals surface area contributed by atoms with E-state index in [2.05, 4.69) is 29.8 Å². The van der Waals surface area contributed by atoms with Crippen molar-refractivity contribution in [3.63, 3.8) is 0 Å². The number of rotatable bonds is 4. The van der Waals surface area contributed by atoms with Crippen molar-refractivity contribution in [2.45, 2.75) is 39.5 Å². The normalized spacial score (nSPS) is 20.1. The first kappa shape index (κ1) is 23.6. The minimum absolute atomic E-state index is 0.0161. The zero-order valence-corrected chi connectivity index (χ0v) is 21.2. The number of anilines is 1. The molecule has 172 valence electrons. The molecule has 0 aromatic heterocycles. The van der Waals surface area contributed by atoms with Crippen LogP contribution in [-0.2, 0) is 14.3 Å². The largest absolute Gasteiger partial charge is 0.463 e. The van der Waals surface area contributed by atoms with Crippen LogP contribution in [0.15, 0.2) is 75.7 Å². The lowest BCUT2D eigenvalue weighted by Crippen LogP contribution is -2.43. The van der Waals surface area contributed by atoms with Crippen LogP contribution in [0.4, 0.5) is 5.69 Å². The van der Waals surface area contributed by atoms with Crippen LogP contribution in [0.1, 0.15) is 45.1 Å². The highest BCUT2D eigenvalue weighted by Crippen LogP contribution is 2.50. The zero-order chi connectivity index (χ0) is 23.9. The standard InChI is InChI=1S/C26H26BrClN2O3/c1-4-33-25(32)23-21(15-5-7-16(27)8-6-15)22-19(13-26(2,3)14-20(22)31)30(24(23)29)18-11-9-17(28)10-12-18/h5-12,21H,4,13-14,29H2,1-3H3/t21-/m0/s1. The Morgan fingerprint density at radius 1 is 1.15 bits per heavy atom. The first-order valence-electron chi connectivity index (χ1n) is 10.9. The van der Waals surface area contributed by atoms with Crippen molar-refractivity contribution < 1.29 is 14.3 Å². The Labute approximate surface area is 207 Å². The molecular weight excluding hydrogens is 504 g/mol. The van der Waals surface area contributed by atoms with Crippen molar-refractivity contribution in [3.05, 3.63) is 86.3 Å². The maximum atomic E-state index is 13.6. The van der Waals surface area contributed by atoms with Crippen LogP contribution in [0.5, 0.6) is 0 Å². The van der Waals surface area contributed by atoms with E-state index in [0.717, 1.165) is 21.4 Å². The summed E-state index contributed by atoms with van der Waals surface area (Å²) in [5.74, 6) is -0.833. The summed E-state index contributed by atoms with van der Waals surface area (Å²) in [6, 6.07) is 14.8. The van der Waals surface area contributed by atoms with Gasteiger partial charge in [0.25, 0.3) is 0 Å². The van der Waals surface area contributed by atoms with Crippen molar-refractivity contribution in [1.29, 1.82) is 0 Å². The van der Waals surface area contributed by atoms with Gasteiger partial charge in [-0.25, -0.2) is 4.79 Å². The SMILES string of the molecule is CCOC(=O)C1=C(N)N(c2ccc(Cl)cc2)C2=C(C(=O)CC(C)(C)C2)[C@@H]1c1ccc(Br)cc1. The molecular formula is C26H26BrClN2O3. The minimum atomic E-state index is -0.598. The fraction of sp³-hybridized carbons (Fsp3) is 0.308. The molecule has 0 bridgehead atoms. The lowest BCUT2D eigenvalue weighted by molar-refractivity contribution is -0.138. The second-order valence-corrected chi connectivity index (χ2v) is 10.5. The predicted molar refractivity (Wildman–Crippen MR) is 134 cm³/mol. The van der Waals surface area contributed by atoms with Crippen molar-refractivity contribution in [1.82, 2.24) is 0 Å². The van der Waals surface area contributed by atoms with Gasteiger partial charge in [-0.05, 0) is 60.7 Å². The van der Waals surface area contributed by atoms with Gasteiger partial charge in [0.1, 0.15) is 5.82 Å². The molecule has 1 aliphatic heterocycles. The van der Waals surface area contributed by atoms with Crippen molar-refractivity contribution in [2.75, 3.05) is 11.5 Å². The molecule has 0 saturated heterocycles. The summed E-state index contributed by atoms with van der Waals surface area (Å²) in [5.41, 5.74) is 9.75. The van der Waals surface area contributed by atoms with E-state index in [4.69, 9.17) is 22.1 Å². The second-order valence-electron chi connectivity index (χ2n) is 9.12. The van der Waals surface area contributed by atoms with E-state index in [-0.39, 0.29) is 29.2 Å². The average Bonchev–Trinajstić information content (AvgIpc) is 2.74. The zero-order valence-electron chi connectivity index (χ0n) is 18.8. The Kier molecular flexibility index (Phi) is 6.43. The molecule has 1 aliphatic carbocycles. The molecule has 2 aliphatic rings. The topological polar surface area (TPSA) is 72.6 Å². The predicted octanol–water partition coefficient (Wildman–Crippen LogP) is 6.08. The van der Waals surface area contributed by atoms with Gasteiger partial charge in [-0.15, -0.1) is 0 Å². The Bertz CT molecular complexity index is 1170. The van der Waals surface area contributed by atoms with E-state index in [9.17, 15) is 9.59 Å². The number of carbonyl (C=O) groups excluding carboxylic acids is 2. The van der Waals surface area contributed by atoms with Gasteiger partial charge in [0.2, 0.25) is 0 Å². The van der Waals surface area contributed by atoms with Gasteiger partial charge in [-0.1, -0.05) is 53.5 Å². The number of esters is 1. The summed E-state index contributed by atoms with van der Waals surface area (Å²) in [6.45, 7) is 6.10. The summed E-state index contributed by atoms with van der Waals surface area (Å²) >= 11 is 9.59. The molecule has 0 fully saturated rings. The third-order valence-electron chi connectivity index (χ3n) is 6.04. The molecule has 0 unspecified atom stereocenters. The number of halogens is 2. The number of nitrogens with two attached hydrogens (primary N) is 1. The Morgan fingerprint density at radius 3 is 2.39 bits per heavy atom. The fourth-order valence-electron chi connectivity index (χ4n) is 4.69. The quantitative estimate of drug-likeness (QED) is 0.486. The molecule has 0 radical (unpaired) electrons. The highest BCUT2D eigenvalue weighted by atomic mass is 79.9. The lowest BCUT2D eigenvalue weighted by atomic mass is 9.68. The van der Waals surface area contributed by atoms with Crippen LogP contribution in [0.25, 0.3) is 0 Å². The Balaban J connectivity index is 2.01. The van der Waals surface area contributed by atoms with Crippen LogP contribution >= 0.6 is 27.5 Å². The van der Waals surface area contributed by atoms with E-state index in [1.165, 1.54) is 0 Å². The molecule has 0 amide bonds. The van der Waals surface area contributed by atoms with E-state index in [0.29, 0.717) is 23.4 Å². The van der Waals surface area contributed by atoms with Crippen LogP contribution in [0.3, 0.4) is 0 Å². The van der Waals surface area contributed by atoms with Crippen LogP contribution < -0.4 is 10.6 Å². The van der Waals surface area contributed by atoms with E-state index in [1.54, 1.807) is 19.1 Å². The fourth-order valence-corrected chi connectivity index (χ4v) is 5.08. The van der Waals surface area contributed by atoms with Crippen molar-refractivity contribution >= 4 is 45.0 Å². The molecule has 2 aromatic carbocycles. The van der Waals surface area contributed by atoms with Crippen LogP contribution in [0, 0.1) is 5.41 Å². The van der Waals surface area contributed by atoms with Gasteiger partial charge in [-0.2, -0.15) is 0 Å². The summed E-state index contributed by atoms with van der Waals surface area (Å²) < 4.78 is 6.33. The molecule has 2 aromatic rings. The molecule has 1 heterocycles. The van der Waals surface area contributed by atoms with Gasteiger partial charge in [0, 0.05) is 32.9 Å². The summed E-state index contributed by atoms with van der Waals surface area (Å²) in [6.07, 6.45) is 1.03. The average molecular weight is 530 g/mol. The third kappa shape index (κ3) is 4.46. The monoisotopic (exact) mass is 528 g/mol. The van der Waals surface area contributed by atoms with E-state index >= 15 is 0 Å². The lowest BCUT2D eigenvalue weighted by Gasteiger charge is -2.44. The van der Waals surface area contributed by atoms with E-state index < -0.39 is 11.9 Å². The first-order valence-corrected chi connectivity index (χ1v) is 12.0. The Morgan fingerprint density at radius 2 is 1.79 bits per heavy atom. The van der Waals surface area contributed by atoms with Crippen LogP contribution in [0.2, 0.25) is 5.02 Å². The highest BCUT2D eigenvalue weighted by Gasteiger charge is 2.46. The van der Waals surface area contributed by atoms with Crippen LogP contribution in [-0.4, -0.2) is 18.4 Å². The smallest absolute Gasteiger partial charge is 0.338 e. The first-order chi connectivity index (χ1) is 15.6. The second kappa shape index (κ2) is 8.99.